The monoisotopic (exact) mass is 469 g/mol. The second-order valence-corrected chi connectivity index (χ2v) is 10.3. The van der Waals surface area contributed by atoms with E-state index in [9.17, 15) is 22.8 Å². The fraction of sp³-hybridized carbons (Fsp3) is 0.375. The van der Waals surface area contributed by atoms with Crippen LogP contribution in [-0.2, 0) is 19.6 Å². The first-order valence-electron chi connectivity index (χ1n) is 11.0. The molecule has 2 aromatic rings. The molecular weight excluding hydrogens is 442 g/mol. The van der Waals surface area contributed by atoms with Crippen molar-refractivity contribution in [1.82, 2.24) is 9.21 Å². The van der Waals surface area contributed by atoms with Gasteiger partial charge >= 0.3 is 0 Å². The van der Waals surface area contributed by atoms with Gasteiger partial charge in [0.05, 0.1) is 4.90 Å². The van der Waals surface area contributed by atoms with Crippen LogP contribution in [0.5, 0.6) is 0 Å². The molecule has 0 spiro atoms. The number of benzene rings is 2. The minimum atomic E-state index is -4.10. The van der Waals surface area contributed by atoms with Gasteiger partial charge in [-0.15, -0.1) is 0 Å². The Morgan fingerprint density at radius 1 is 0.909 bits per heavy atom. The number of sulfonamides is 1. The number of hydrogen-bond donors (Lipinski definition) is 0. The zero-order chi connectivity index (χ0) is 23.8. The zero-order valence-corrected chi connectivity index (χ0v) is 19.5. The van der Waals surface area contributed by atoms with Crippen molar-refractivity contribution in [2.75, 3.05) is 31.1 Å². The molecule has 0 saturated carbocycles. The number of hydrogen-bond acceptors (Lipinski definition) is 6. The van der Waals surface area contributed by atoms with Gasteiger partial charge in [0.2, 0.25) is 11.8 Å². The van der Waals surface area contributed by atoms with Crippen LogP contribution in [0.15, 0.2) is 53.4 Å². The third-order valence-electron chi connectivity index (χ3n) is 6.25. The van der Waals surface area contributed by atoms with Crippen LogP contribution in [0.3, 0.4) is 0 Å². The van der Waals surface area contributed by atoms with E-state index in [4.69, 9.17) is 0 Å². The number of carbonyl (C=O) groups excluding carboxylic acids is 3. The maximum Gasteiger partial charge on any atom is 0.267 e. The van der Waals surface area contributed by atoms with Gasteiger partial charge in [0, 0.05) is 43.9 Å². The molecule has 2 aliphatic heterocycles. The highest BCUT2D eigenvalue weighted by Crippen LogP contribution is 2.29. The summed E-state index contributed by atoms with van der Waals surface area (Å²) in [7, 11) is -4.10. The van der Waals surface area contributed by atoms with Crippen molar-refractivity contribution in [2.24, 2.45) is 0 Å². The molecular formula is C24H27N3O5S. The molecule has 9 heteroatoms. The lowest BCUT2D eigenvalue weighted by Gasteiger charge is -2.38. The van der Waals surface area contributed by atoms with Crippen LogP contribution in [0.1, 0.15) is 35.7 Å². The molecule has 0 N–H and O–H groups in total. The standard InChI is InChI=1S/C24H27N3O5S/c1-17-3-9-21(10-4-17)33(31,32)27-22(11-12-23(27)29)24(30)26-15-13-25(14-16-26)20-7-5-19(6-8-20)18(2)28/h3-10,22H,11-16H2,1-2H3. The molecule has 2 saturated heterocycles. The molecule has 174 valence electrons. The summed E-state index contributed by atoms with van der Waals surface area (Å²) in [4.78, 5) is 41.0. The van der Waals surface area contributed by atoms with Gasteiger partial charge in [-0.05, 0) is 56.7 Å². The first-order chi connectivity index (χ1) is 15.7. The predicted octanol–water partition coefficient (Wildman–Crippen LogP) is 2.23. The van der Waals surface area contributed by atoms with E-state index < -0.39 is 22.0 Å². The van der Waals surface area contributed by atoms with Crippen LogP contribution in [0, 0.1) is 6.92 Å². The molecule has 0 radical (unpaired) electrons. The van der Waals surface area contributed by atoms with Gasteiger partial charge in [-0.1, -0.05) is 17.7 Å². The lowest BCUT2D eigenvalue weighted by molar-refractivity contribution is -0.138. The van der Waals surface area contributed by atoms with Gasteiger partial charge in [-0.3, -0.25) is 14.4 Å². The first kappa shape index (κ1) is 23.0. The van der Waals surface area contributed by atoms with Gasteiger partial charge in [-0.2, -0.15) is 0 Å². The molecule has 1 unspecified atom stereocenters. The molecule has 8 nitrogen and oxygen atoms in total. The van der Waals surface area contributed by atoms with E-state index in [0.717, 1.165) is 15.6 Å². The molecule has 0 aliphatic carbocycles. The van der Waals surface area contributed by atoms with Crippen LogP contribution >= 0.6 is 0 Å². The zero-order valence-electron chi connectivity index (χ0n) is 18.7. The van der Waals surface area contributed by atoms with Crippen molar-refractivity contribution in [3.63, 3.8) is 0 Å². The normalized spacial score (nSPS) is 19.2. The molecule has 2 aliphatic rings. The minimum Gasteiger partial charge on any atom is -0.368 e. The number of carbonyl (C=O) groups is 3. The van der Waals surface area contributed by atoms with E-state index in [1.807, 2.05) is 19.1 Å². The highest BCUT2D eigenvalue weighted by molar-refractivity contribution is 7.89. The number of aryl methyl sites for hydroxylation is 1. The summed E-state index contributed by atoms with van der Waals surface area (Å²) in [6, 6.07) is 12.6. The molecule has 0 aromatic heterocycles. The quantitative estimate of drug-likeness (QED) is 0.624. The number of anilines is 1. The predicted molar refractivity (Wildman–Crippen MR) is 123 cm³/mol. The Morgan fingerprint density at radius 2 is 1.52 bits per heavy atom. The Hall–Kier alpha value is -3.20. The summed E-state index contributed by atoms with van der Waals surface area (Å²) in [5.41, 5.74) is 2.52. The number of ketones is 1. The Bertz CT molecular complexity index is 1170. The van der Waals surface area contributed by atoms with Crippen molar-refractivity contribution >= 4 is 33.3 Å². The average Bonchev–Trinajstić information content (AvgIpc) is 3.21. The summed E-state index contributed by atoms with van der Waals surface area (Å²) in [5.74, 6) is -0.866. The van der Waals surface area contributed by atoms with Gasteiger partial charge in [0.15, 0.2) is 5.78 Å². The van der Waals surface area contributed by atoms with Gasteiger partial charge in [0.1, 0.15) is 6.04 Å². The number of amides is 2. The Morgan fingerprint density at radius 3 is 2.09 bits per heavy atom. The lowest BCUT2D eigenvalue weighted by Crippen LogP contribution is -2.55. The van der Waals surface area contributed by atoms with E-state index >= 15 is 0 Å². The summed E-state index contributed by atoms with van der Waals surface area (Å²) in [6.45, 7) is 5.39. The largest absolute Gasteiger partial charge is 0.368 e. The highest BCUT2D eigenvalue weighted by Gasteiger charge is 2.45. The summed E-state index contributed by atoms with van der Waals surface area (Å²) in [6.07, 6.45) is 0.222. The number of piperazine rings is 1. The van der Waals surface area contributed by atoms with E-state index in [2.05, 4.69) is 4.90 Å². The van der Waals surface area contributed by atoms with E-state index in [1.54, 1.807) is 29.2 Å². The minimum absolute atomic E-state index is 0.00761. The van der Waals surface area contributed by atoms with Crippen molar-refractivity contribution in [2.45, 2.75) is 37.6 Å². The van der Waals surface area contributed by atoms with Crippen molar-refractivity contribution < 1.29 is 22.8 Å². The topological polar surface area (TPSA) is 95.1 Å². The maximum absolute atomic E-state index is 13.3. The van der Waals surface area contributed by atoms with E-state index in [1.165, 1.54) is 19.1 Å². The lowest BCUT2D eigenvalue weighted by atomic mass is 10.1. The molecule has 2 aromatic carbocycles. The smallest absolute Gasteiger partial charge is 0.267 e. The SMILES string of the molecule is CC(=O)c1ccc(N2CCN(C(=O)C3CCC(=O)N3S(=O)(=O)c3ccc(C)cc3)CC2)cc1. The number of nitrogens with zero attached hydrogens (tertiary/aromatic N) is 3. The van der Waals surface area contributed by atoms with E-state index in [-0.39, 0.29) is 29.4 Å². The highest BCUT2D eigenvalue weighted by atomic mass is 32.2. The van der Waals surface area contributed by atoms with Crippen molar-refractivity contribution in [3.8, 4) is 0 Å². The van der Waals surface area contributed by atoms with Crippen molar-refractivity contribution in [3.05, 3.63) is 59.7 Å². The van der Waals surface area contributed by atoms with Gasteiger partial charge in [-0.25, -0.2) is 12.7 Å². The van der Waals surface area contributed by atoms with Gasteiger partial charge in [0.25, 0.3) is 10.0 Å². The second-order valence-electron chi connectivity index (χ2n) is 8.48. The molecule has 33 heavy (non-hydrogen) atoms. The van der Waals surface area contributed by atoms with Crippen molar-refractivity contribution in [1.29, 1.82) is 0 Å². The molecule has 1 atom stereocenters. The third kappa shape index (κ3) is 4.50. The van der Waals surface area contributed by atoms with Gasteiger partial charge < -0.3 is 9.80 Å². The van der Waals surface area contributed by atoms with Crippen LogP contribution in [0.4, 0.5) is 5.69 Å². The number of Topliss-reactive ketones (excluding diaryl/α,β-unsaturated/α-hetero) is 1. The fourth-order valence-electron chi connectivity index (χ4n) is 4.31. The molecule has 4 rings (SSSR count). The summed E-state index contributed by atoms with van der Waals surface area (Å²) < 4.78 is 27.1. The average molecular weight is 470 g/mol. The molecule has 0 bridgehead atoms. The van der Waals surface area contributed by atoms with Crippen LogP contribution < -0.4 is 4.90 Å². The second kappa shape index (κ2) is 8.97. The molecule has 2 heterocycles. The van der Waals surface area contributed by atoms with Crippen LogP contribution in [-0.4, -0.2) is 67.4 Å². The third-order valence-corrected chi connectivity index (χ3v) is 8.10. The summed E-state index contributed by atoms with van der Waals surface area (Å²) >= 11 is 0. The fourth-order valence-corrected chi connectivity index (χ4v) is 5.91. The Kier molecular flexibility index (Phi) is 6.25. The van der Waals surface area contributed by atoms with Crippen LogP contribution in [0.2, 0.25) is 0 Å². The molecule has 2 fully saturated rings. The van der Waals surface area contributed by atoms with Crippen LogP contribution in [0.25, 0.3) is 0 Å². The molecule has 2 amide bonds. The summed E-state index contributed by atoms with van der Waals surface area (Å²) in [5, 5.41) is 0. The van der Waals surface area contributed by atoms with E-state index in [0.29, 0.717) is 31.7 Å². The Labute approximate surface area is 193 Å². The first-order valence-corrected chi connectivity index (χ1v) is 12.4. The number of rotatable bonds is 5. The maximum atomic E-state index is 13.3. The Balaban J connectivity index is 1.46.